The molecule has 3 amide bonds. The van der Waals surface area contributed by atoms with Crippen LogP contribution in [0.15, 0.2) is 24.3 Å². The second kappa shape index (κ2) is 13.7. The molecule has 34 heavy (non-hydrogen) atoms. The van der Waals surface area contributed by atoms with Crippen LogP contribution in [-0.4, -0.2) is 77.7 Å². The zero-order valence-corrected chi connectivity index (χ0v) is 21.4. The first-order chi connectivity index (χ1) is 15.9. The number of nitrogens with zero attached hydrogens (tertiary/aromatic N) is 1. The number of likely N-dealkylation sites (N-methyl/N-ethyl adjacent to an activating group) is 1. The van der Waals surface area contributed by atoms with Crippen LogP contribution in [-0.2, 0) is 23.9 Å². The minimum atomic E-state index is -1.16. The lowest BCUT2D eigenvalue weighted by Gasteiger charge is -2.33. The maximum absolute atomic E-state index is 13.6. The predicted octanol–water partition coefficient (Wildman–Crippen LogP) is 2.22. The highest BCUT2D eigenvalue weighted by molar-refractivity contribution is 7.98. The van der Waals surface area contributed by atoms with Crippen LogP contribution < -0.4 is 10.6 Å². The van der Waals surface area contributed by atoms with Crippen molar-refractivity contribution in [2.75, 3.05) is 32.2 Å². The molecule has 0 saturated heterocycles. The number of hydrogen-bond donors (Lipinski definition) is 3. The van der Waals surface area contributed by atoms with Gasteiger partial charge < -0.3 is 30.1 Å². The van der Waals surface area contributed by atoms with Crippen molar-refractivity contribution in [2.45, 2.75) is 51.8 Å². The van der Waals surface area contributed by atoms with Gasteiger partial charge in [0.15, 0.2) is 0 Å². The third-order valence-electron chi connectivity index (χ3n) is 4.60. The summed E-state index contributed by atoms with van der Waals surface area (Å²) < 4.78 is 9.87. The number of hydrogen-bond acceptors (Lipinski definition) is 8. The summed E-state index contributed by atoms with van der Waals surface area (Å²) >= 11 is 1.51. The first-order valence-electron chi connectivity index (χ1n) is 10.9. The first-order valence-corrected chi connectivity index (χ1v) is 12.2. The van der Waals surface area contributed by atoms with E-state index in [0.29, 0.717) is 17.7 Å². The van der Waals surface area contributed by atoms with E-state index in [2.05, 4.69) is 15.4 Å². The molecule has 2 unspecified atom stereocenters. The predicted molar refractivity (Wildman–Crippen MR) is 129 cm³/mol. The summed E-state index contributed by atoms with van der Waals surface area (Å²) in [4.78, 5) is 51.9. The quantitative estimate of drug-likeness (QED) is 0.396. The van der Waals surface area contributed by atoms with Gasteiger partial charge in [-0.1, -0.05) is 12.1 Å². The van der Waals surface area contributed by atoms with Crippen molar-refractivity contribution in [3.05, 3.63) is 29.8 Å². The number of alkyl carbamates (subject to hydrolysis) is 1. The summed E-state index contributed by atoms with van der Waals surface area (Å²) in [7, 11) is 1.20. The van der Waals surface area contributed by atoms with Crippen molar-refractivity contribution in [1.29, 1.82) is 0 Å². The number of aromatic hydroxyl groups is 1. The van der Waals surface area contributed by atoms with E-state index in [9.17, 15) is 24.3 Å². The van der Waals surface area contributed by atoms with Gasteiger partial charge in [-0.15, -0.1) is 0 Å². The van der Waals surface area contributed by atoms with Crippen LogP contribution in [0.25, 0.3) is 0 Å². The largest absolute Gasteiger partial charge is 0.508 e. The molecule has 11 heteroatoms. The lowest BCUT2D eigenvalue weighted by atomic mass is 10.0. The van der Waals surface area contributed by atoms with Crippen LogP contribution in [0.1, 0.15) is 45.7 Å². The van der Waals surface area contributed by atoms with Gasteiger partial charge in [-0.05, 0) is 63.8 Å². The molecule has 1 aromatic rings. The van der Waals surface area contributed by atoms with Crippen molar-refractivity contribution >= 4 is 35.6 Å². The second-order valence-electron chi connectivity index (χ2n) is 8.40. The molecule has 0 aliphatic rings. The van der Waals surface area contributed by atoms with E-state index >= 15 is 0 Å². The van der Waals surface area contributed by atoms with Gasteiger partial charge in [0, 0.05) is 6.54 Å². The number of methoxy groups -OCH3 is 1. The zero-order valence-electron chi connectivity index (χ0n) is 20.5. The Kier molecular flexibility index (Phi) is 11.7. The summed E-state index contributed by atoms with van der Waals surface area (Å²) in [5, 5.41) is 15.0. The lowest BCUT2D eigenvalue weighted by molar-refractivity contribution is -0.144. The lowest BCUT2D eigenvalue weighted by Crippen LogP contribution is -2.53. The minimum absolute atomic E-state index is 0.0856. The molecule has 1 aromatic carbocycles. The summed E-state index contributed by atoms with van der Waals surface area (Å²) in [5.41, 5.74) is -0.405. The molecular formula is C23H35N3O7S. The summed E-state index contributed by atoms with van der Waals surface area (Å²) in [6, 6.07) is 3.85. The molecule has 10 nitrogen and oxygen atoms in total. The number of ether oxygens (including phenoxy) is 2. The van der Waals surface area contributed by atoms with Crippen molar-refractivity contribution in [3.8, 4) is 5.75 Å². The molecule has 1 rings (SSSR count). The van der Waals surface area contributed by atoms with E-state index in [1.165, 1.54) is 35.9 Å². The van der Waals surface area contributed by atoms with Crippen molar-refractivity contribution in [1.82, 2.24) is 15.5 Å². The van der Waals surface area contributed by atoms with Gasteiger partial charge in [-0.2, -0.15) is 11.8 Å². The fourth-order valence-corrected chi connectivity index (χ4v) is 3.58. The molecule has 0 aliphatic heterocycles. The van der Waals surface area contributed by atoms with Crippen molar-refractivity contribution < 1.29 is 33.8 Å². The van der Waals surface area contributed by atoms with Gasteiger partial charge in [0.1, 0.15) is 30.0 Å². The monoisotopic (exact) mass is 497 g/mol. The highest BCUT2D eigenvalue weighted by Gasteiger charge is 2.35. The molecule has 0 aliphatic carbocycles. The Morgan fingerprint density at radius 3 is 2.41 bits per heavy atom. The molecule has 0 fully saturated rings. The normalized spacial score (nSPS) is 12.8. The van der Waals surface area contributed by atoms with E-state index in [1.807, 2.05) is 6.26 Å². The number of nitrogens with one attached hydrogen (secondary N) is 2. The fraction of sp³-hybridized carbons (Fsp3) is 0.565. The van der Waals surface area contributed by atoms with Crippen LogP contribution in [0.3, 0.4) is 0 Å². The van der Waals surface area contributed by atoms with Crippen molar-refractivity contribution in [3.63, 3.8) is 0 Å². The van der Waals surface area contributed by atoms with E-state index in [1.54, 1.807) is 39.8 Å². The number of amides is 3. The Morgan fingerprint density at radius 1 is 1.21 bits per heavy atom. The second-order valence-corrected chi connectivity index (χ2v) is 9.38. The number of benzene rings is 1. The number of esters is 1. The highest BCUT2D eigenvalue weighted by Crippen LogP contribution is 2.26. The highest BCUT2D eigenvalue weighted by atomic mass is 32.2. The van der Waals surface area contributed by atoms with E-state index in [-0.39, 0.29) is 18.8 Å². The van der Waals surface area contributed by atoms with Crippen molar-refractivity contribution in [2.24, 2.45) is 0 Å². The average Bonchev–Trinajstić information content (AvgIpc) is 2.76. The van der Waals surface area contributed by atoms with Crippen LogP contribution in [0, 0.1) is 0 Å². The van der Waals surface area contributed by atoms with Gasteiger partial charge in [-0.3, -0.25) is 14.4 Å². The topological polar surface area (TPSA) is 134 Å². The maximum Gasteiger partial charge on any atom is 0.408 e. The van der Waals surface area contributed by atoms with Gasteiger partial charge in [0.2, 0.25) is 11.8 Å². The SMILES string of the molecule is CCN(C(=O)C(CCSC)NC(=O)OC(C)(C)C)C(C(=O)NCC(=O)OC)c1cccc(O)c1. The number of thioether (sulfide) groups is 1. The van der Waals surface area contributed by atoms with Gasteiger partial charge in [0.05, 0.1) is 7.11 Å². The van der Waals surface area contributed by atoms with E-state index in [4.69, 9.17) is 4.74 Å². The summed E-state index contributed by atoms with van der Waals surface area (Å²) in [6.07, 6.45) is 1.45. The molecule has 0 saturated carbocycles. The number of carbonyl (C=O) groups is 4. The fourth-order valence-electron chi connectivity index (χ4n) is 3.10. The molecule has 0 aromatic heterocycles. The smallest absolute Gasteiger partial charge is 0.408 e. The summed E-state index contributed by atoms with van der Waals surface area (Å²) in [6.45, 7) is 6.58. The standard InChI is InChI=1S/C23H35N3O7S/c1-7-26(21(30)17(11-12-34-6)25-22(31)33-23(2,3)4)19(15-9-8-10-16(27)13-15)20(29)24-14-18(28)32-5/h8-10,13,17,19,27H,7,11-12,14H2,1-6H3,(H,24,29)(H,25,31). The van der Waals surface area contributed by atoms with Crippen LogP contribution in [0.4, 0.5) is 4.79 Å². The van der Waals surface area contributed by atoms with Gasteiger partial charge >= 0.3 is 12.1 Å². The Morgan fingerprint density at radius 2 is 1.88 bits per heavy atom. The number of rotatable bonds is 11. The molecule has 0 heterocycles. The maximum atomic E-state index is 13.6. The minimum Gasteiger partial charge on any atom is -0.508 e. The van der Waals surface area contributed by atoms with Crippen LogP contribution in [0.2, 0.25) is 0 Å². The Bertz CT molecular complexity index is 857. The Balaban J connectivity index is 3.30. The first kappa shape index (κ1) is 29.1. The molecule has 0 spiro atoms. The number of phenolic OH excluding ortho intramolecular Hbond substituents is 1. The van der Waals surface area contributed by atoms with Gasteiger partial charge in [0.25, 0.3) is 0 Å². The molecular weight excluding hydrogens is 462 g/mol. The Hall–Kier alpha value is -2.95. The molecule has 0 radical (unpaired) electrons. The zero-order chi connectivity index (χ0) is 25.9. The number of carbonyl (C=O) groups excluding carboxylic acids is 4. The van der Waals surface area contributed by atoms with E-state index < -0.39 is 41.6 Å². The van der Waals surface area contributed by atoms with Gasteiger partial charge in [-0.25, -0.2) is 4.79 Å². The molecule has 190 valence electrons. The van der Waals surface area contributed by atoms with Crippen LogP contribution >= 0.6 is 11.8 Å². The number of phenols is 1. The third-order valence-corrected chi connectivity index (χ3v) is 5.25. The average molecular weight is 498 g/mol. The summed E-state index contributed by atoms with van der Waals surface area (Å²) in [5.74, 6) is -1.29. The molecule has 3 N–H and O–H groups in total. The van der Waals surface area contributed by atoms with Crippen LogP contribution in [0.5, 0.6) is 5.75 Å². The van der Waals surface area contributed by atoms with E-state index in [0.717, 1.165) is 0 Å². The molecule has 0 bridgehead atoms. The Labute approximate surface area is 204 Å². The molecule has 2 atom stereocenters. The third kappa shape index (κ3) is 9.50.